The van der Waals surface area contributed by atoms with E-state index in [4.69, 9.17) is 24.8 Å². The van der Waals surface area contributed by atoms with Gasteiger partial charge in [0.25, 0.3) is 0 Å². The van der Waals surface area contributed by atoms with Gasteiger partial charge < -0.3 is 20.1 Å². The van der Waals surface area contributed by atoms with Gasteiger partial charge in [-0.1, -0.05) is 6.07 Å². The standard InChI is InChI=1S/C28H31F2N7O4S/c29-10-2-17-42(39,40)36-22-5-1-4-20(25(22)30)21-7-8-23-26(33-21)28(37-12-15-41-16-13-37)35-27(34-23)19-6-9-24(32-18-19)31-11-3-14-38/h1,4-9,18,36,38H,2-3,10-17H2,(H,31,32). The summed E-state index contributed by atoms with van der Waals surface area (Å²) in [5.74, 6) is 0.430. The lowest BCUT2D eigenvalue weighted by atomic mass is 10.1. The number of ether oxygens (including phenoxy) is 1. The number of rotatable bonds is 12. The fourth-order valence-corrected chi connectivity index (χ4v) is 5.56. The Morgan fingerprint density at radius 2 is 1.86 bits per heavy atom. The van der Waals surface area contributed by atoms with Gasteiger partial charge in [0.1, 0.15) is 11.3 Å². The maximum atomic E-state index is 15.6. The van der Waals surface area contributed by atoms with Gasteiger partial charge in [0, 0.05) is 43.6 Å². The van der Waals surface area contributed by atoms with E-state index in [2.05, 4.69) is 15.0 Å². The Kier molecular flexibility index (Phi) is 9.35. The van der Waals surface area contributed by atoms with Gasteiger partial charge in [-0.2, -0.15) is 0 Å². The van der Waals surface area contributed by atoms with Crippen LogP contribution in [0, 0.1) is 5.82 Å². The number of aliphatic hydroxyl groups is 1. The average Bonchev–Trinajstić information content (AvgIpc) is 3.01. The van der Waals surface area contributed by atoms with Crippen LogP contribution < -0.4 is 14.9 Å². The van der Waals surface area contributed by atoms with Gasteiger partial charge in [-0.3, -0.25) is 9.11 Å². The predicted octanol–water partition coefficient (Wildman–Crippen LogP) is 3.63. The quantitative estimate of drug-likeness (QED) is 0.207. The number of nitrogens with zero attached hydrogens (tertiary/aromatic N) is 5. The van der Waals surface area contributed by atoms with Crippen LogP contribution in [0.3, 0.4) is 0 Å². The number of morpholine rings is 1. The molecule has 3 N–H and O–H groups in total. The number of aliphatic hydroxyl groups excluding tert-OH is 1. The third-order valence-corrected chi connectivity index (χ3v) is 7.94. The highest BCUT2D eigenvalue weighted by atomic mass is 32.2. The Morgan fingerprint density at radius 3 is 2.60 bits per heavy atom. The third kappa shape index (κ3) is 6.89. The van der Waals surface area contributed by atoms with E-state index in [0.29, 0.717) is 73.3 Å². The van der Waals surface area contributed by atoms with Crippen molar-refractivity contribution in [2.24, 2.45) is 0 Å². The molecule has 1 aliphatic heterocycles. The molecule has 14 heteroatoms. The summed E-state index contributed by atoms with van der Waals surface area (Å²) in [6.07, 6.45) is 2.10. The van der Waals surface area contributed by atoms with E-state index >= 15 is 4.39 Å². The Hall–Kier alpha value is -4.01. The van der Waals surface area contributed by atoms with Crippen molar-refractivity contribution in [3.63, 3.8) is 0 Å². The summed E-state index contributed by atoms with van der Waals surface area (Å²) in [5, 5.41) is 12.1. The SMILES string of the molecule is O=S(=O)(CCCF)Nc1cccc(-c2ccc3nc(-c4ccc(NCCCO)nc4)nc(N4CCOCC4)c3n2)c1F. The van der Waals surface area contributed by atoms with Gasteiger partial charge in [-0.05, 0) is 49.2 Å². The van der Waals surface area contributed by atoms with Gasteiger partial charge in [-0.25, -0.2) is 32.7 Å². The predicted molar refractivity (Wildman–Crippen MR) is 157 cm³/mol. The van der Waals surface area contributed by atoms with E-state index < -0.39 is 28.3 Å². The minimum absolute atomic E-state index is 0.0908. The Balaban J connectivity index is 1.52. The summed E-state index contributed by atoms with van der Waals surface area (Å²) in [4.78, 5) is 20.8. The zero-order valence-corrected chi connectivity index (χ0v) is 23.6. The average molecular weight is 600 g/mol. The molecule has 0 radical (unpaired) electrons. The van der Waals surface area contributed by atoms with Crippen LogP contribution in [0.15, 0.2) is 48.7 Å². The van der Waals surface area contributed by atoms with Crippen LogP contribution in [-0.4, -0.2) is 85.3 Å². The van der Waals surface area contributed by atoms with E-state index in [1.165, 1.54) is 18.2 Å². The summed E-state index contributed by atoms with van der Waals surface area (Å²) in [7, 11) is -3.92. The van der Waals surface area contributed by atoms with E-state index in [-0.39, 0.29) is 30.0 Å². The molecule has 0 bridgehead atoms. The zero-order valence-electron chi connectivity index (χ0n) is 22.8. The minimum atomic E-state index is -3.92. The summed E-state index contributed by atoms with van der Waals surface area (Å²) in [5.41, 5.74) is 1.82. The molecule has 0 spiro atoms. The van der Waals surface area contributed by atoms with Crippen LogP contribution in [0.2, 0.25) is 0 Å². The second kappa shape index (κ2) is 13.3. The number of anilines is 3. The topological polar surface area (TPSA) is 142 Å². The van der Waals surface area contributed by atoms with Crippen molar-refractivity contribution < 1.29 is 27.0 Å². The molecular formula is C28H31F2N7O4S. The number of alkyl halides is 1. The van der Waals surface area contributed by atoms with Gasteiger partial charge >= 0.3 is 0 Å². The molecule has 4 aromatic rings. The van der Waals surface area contributed by atoms with Crippen LogP contribution in [0.1, 0.15) is 12.8 Å². The van der Waals surface area contributed by atoms with Crippen LogP contribution >= 0.6 is 0 Å². The maximum Gasteiger partial charge on any atom is 0.232 e. The second-order valence-electron chi connectivity index (χ2n) is 9.60. The molecule has 222 valence electrons. The first-order valence-electron chi connectivity index (χ1n) is 13.6. The Bertz CT molecular complexity index is 1640. The van der Waals surface area contributed by atoms with Gasteiger partial charge in [-0.15, -0.1) is 0 Å². The molecular weight excluding hydrogens is 568 g/mol. The fraction of sp³-hybridized carbons (Fsp3) is 0.357. The number of nitrogens with one attached hydrogen (secondary N) is 2. The molecule has 1 fully saturated rings. The number of hydrogen-bond acceptors (Lipinski definition) is 10. The van der Waals surface area contributed by atoms with Gasteiger partial charge in [0.05, 0.1) is 42.5 Å². The highest BCUT2D eigenvalue weighted by molar-refractivity contribution is 7.92. The smallest absolute Gasteiger partial charge is 0.232 e. The van der Waals surface area contributed by atoms with Crippen molar-refractivity contribution in [2.45, 2.75) is 12.8 Å². The van der Waals surface area contributed by atoms with Crippen molar-refractivity contribution in [3.8, 4) is 22.6 Å². The Labute approximate surface area is 242 Å². The molecule has 1 aliphatic rings. The minimum Gasteiger partial charge on any atom is -0.396 e. The molecule has 0 aliphatic carbocycles. The van der Waals surface area contributed by atoms with Crippen molar-refractivity contribution in [1.82, 2.24) is 19.9 Å². The lowest BCUT2D eigenvalue weighted by Gasteiger charge is -2.28. The summed E-state index contributed by atoms with van der Waals surface area (Å²) in [6.45, 7) is 2.07. The van der Waals surface area contributed by atoms with Crippen LogP contribution in [0.25, 0.3) is 33.7 Å². The van der Waals surface area contributed by atoms with E-state index in [1.807, 2.05) is 17.0 Å². The van der Waals surface area contributed by atoms with Crippen LogP contribution in [0.4, 0.5) is 26.1 Å². The van der Waals surface area contributed by atoms with Crippen molar-refractivity contribution in [3.05, 3.63) is 54.5 Å². The third-order valence-electron chi connectivity index (χ3n) is 6.58. The molecule has 0 amide bonds. The first-order chi connectivity index (χ1) is 20.4. The van der Waals surface area contributed by atoms with E-state index in [0.717, 1.165) is 0 Å². The molecule has 1 saturated heterocycles. The molecule has 5 rings (SSSR count). The van der Waals surface area contributed by atoms with Crippen molar-refractivity contribution in [2.75, 3.05) is 66.8 Å². The summed E-state index contributed by atoms with van der Waals surface area (Å²) < 4.78 is 60.3. The molecule has 3 aromatic heterocycles. The monoisotopic (exact) mass is 599 g/mol. The number of sulfonamides is 1. The number of halogens is 2. The normalized spacial score (nSPS) is 13.8. The zero-order chi connectivity index (χ0) is 29.5. The fourth-order valence-electron chi connectivity index (χ4n) is 4.47. The molecule has 4 heterocycles. The van der Waals surface area contributed by atoms with Crippen molar-refractivity contribution >= 4 is 38.4 Å². The van der Waals surface area contributed by atoms with Crippen LogP contribution in [0.5, 0.6) is 0 Å². The maximum absolute atomic E-state index is 15.6. The highest BCUT2D eigenvalue weighted by Crippen LogP contribution is 2.32. The first-order valence-corrected chi connectivity index (χ1v) is 15.2. The highest BCUT2D eigenvalue weighted by Gasteiger charge is 2.22. The molecule has 42 heavy (non-hydrogen) atoms. The molecule has 1 aromatic carbocycles. The summed E-state index contributed by atoms with van der Waals surface area (Å²) in [6, 6.07) is 11.4. The van der Waals surface area contributed by atoms with Crippen molar-refractivity contribution in [1.29, 1.82) is 0 Å². The lowest BCUT2D eigenvalue weighted by Crippen LogP contribution is -2.37. The van der Waals surface area contributed by atoms with Gasteiger partial charge in [0.2, 0.25) is 10.0 Å². The van der Waals surface area contributed by atoms with E-state index in [1.54, 1.807) is 18.3 Å². The first kappa shape index (κ1) is 29.5. The molecule has 0 atom stereocenters. The second-order valence-corrected chi connectivity index (χ2v) is 11.4. The number of benzene rings is 1. The van der Waals surface area contributed by atoms with Gasteiger partial charge in [0.15, 0.2) is 17.5 Å². The lowest BCUT2D eigenvalue weighted by molar-refractivity contribution is 0.122. The number of pyridine rings is 2. The molecule has 0 saturated carbocycles. The number of fused-ring (bicyclic) bond motifs is 1. The number of hydrogen-bond donors (Lipinski definition) is 3. The Morgan fingerprint density at radius 1 is 1.02 bits per heavy atom. The number of aromatic nitrogens is 4. The van der Waals surface area contributed by atoms with Crippen LogP contribution in [-0.2, 0) is 14.8 Å². The molecule has 0 unspecified atom stereocenters. The largest absolute Gasteiger partial charge is 0.396 e. The van der Waals surface area contributed by atoms with E-state index in [9.17, 15) is 12.8 Å². The molecule has 11 nitrogen and oxygen atoms in total. The summed E-state index contributed by atoms with van der Waals surface area (Å²) >= 11 is 0.